The number of sulfonamides is 1. The molecule has 2 unspecified atom stereocenters. The maximum Gasteiger partial charge on any atom is 0.279 e. The molecule has 170 valence electrons. The number of carbonyl (C=O) groups excluding carboxylic acids is 1. The van der Waals surface area contributed by atoms with Crippen molar-refractivity contribution in [2.45, 2.75) is 44.8 Å². The number of morpholine rings is 1. The third kappa shape index (κ3) is 4.30. The summed E-state index contributed by atoms with van der Waals surface area (Å²) in [6.07, 6.45) is -0.328. The molecule has 0 bridgehead atoms. The van der Waals surface area contributed by atoms with Crippen molar-refractivity contribution >= 4 is 37.5 Å². The fraction of sp³-hybridized carbons (Fsp3) is 0.391. The van der Waals surface area contributed by atoms with Crippen LogP contribution in [-0.4, -0.2) is 48.5 Å². The normalized spacial score (nSPS) is 20.7. The molecule has 0 saturated carbocycles. The summed E-state index contributed by atoms with van der Waals surface area (Å²) >= 11 is 1.47. The molecule has 1 aliphatic rings. The van der Waals surface area contributed by atoms with Crippen molar-refractivity contribution in [2.24, 2.45) is 12.0 Å². The lowest BCUT2D eigenvalue weighted by Gasteiger charge is -2.34. The number of amides is 1. The monoisotopic (exact) mass is 473 g/mol. The van der Waals surface area contributed by atoms with Crippen molar-refractivity contribution in [3.8, 4) is 0 Å². The smallest absolute Gasteiger partial charge is 0.279 e. The zero-order valence-corrected chi connectivity index (χ0v) is 20.5. The molecule has 0 aliphatic carbocycles. The molecule has 4 rings (SSSR count). The van der Waals surface area contributed by atoms with Gasteiger partial charge in [-0.25, -0.2) is 8.42 Å². The number of thiazole rings is 1. The number of ether oxygens (including phenoxy) is 1. The van der Waals surface area contributed by atoms with Gasteiger partial charge < -0.3 is 9.30 Å². The van der Waals surface area contributed by atoms with E-state index in [1.807, 2.05) is 39.3 Å². The number of hydrogen-bond acceptors (Lipinski definition) is 5. The van der Waals surface area contributed by atoms with Crippen LogP contribution in [0, 0.1) is 13.8 Å². The molecule has 1 aromatic heterocycles. The van der Waals surface area contributed by atoms with Crippen LogP contribution in [0.1, 0.15) is 35.3 Å². The minimum Gasteiger partial charge on any atom is -0.373 e. The summed E-state index contributed by atoms with van der Waals surface area (Å²) in [6.45, 7) is 8.43. The first-order valence-electron chi connectivity index (χ1n) is 10.5. The Morgan fingerprint density at radius 1 is 1.09 bits per heavy atom. The number of hydrogen-bond donors (Lipinski definition) is 0. The summed E-state index contributed by atoms with van der Waals surface area (Å²) < 4.78 is 36.1. The topological polar surface area (TPSA) is 81.0 Å². The van der Waals surface area contributed by atoms with Crippen molar-refractivity contribution in [1.29, 1.82) is 0 Å². The predicted octanol–water partition coefficient (Wildman–Crippen LogP) is 3.40. The molecule has 3 aromatic rings. The zero-order valence-electron chi connectivity index (χ0n) is 18.8. The predicted molar refractivity (Wildman–Crippen MR) is 125 cm³/mol. The van der Waals surface area contributed by atoms with Crippen LogP contribution in [0.15, 0.2) is 46.3 Å². The van der Waals surface area contributed by atoms with Crippen molar-refractivity contribution in [2.75, 3.05) is 13.1 Å². The molecule has 1 amide bonds. The quantitative estimate of drug-likeness (QED) is 0.584. The van der Waals surface area contributed by atoms with E-state index in [0.29, 0.717) is 23.5 Å². The van der Waals surface area contributed by atoms with Gasteiger partial charge in [0.15, 0.2) is 4.80 Å². The first-order valence-corrected chi connectivity index (χ1v) is 12.7. The third-order valence-electron chi connectivity index (χ3n) is 5.56. The molecule has 1 saturated heterocycles. The average Bonchev–Trinajstić information content (AvgIpc) is 3.03. The number of nitrogens with zero attached hydrogens (tertiary/aromatic N) is 3. The largest absolute Gasteiger partial charge is 0.373 e. The second kappa shape index (κ2) is 8.55. The maximum atomic E-state index is 13.0. The molecule has 1 fully saturated rings. The highest BCUT2D eigenvalue weighted by atomic mass is 32.2. The highest BCUT2D eigenvalue weighted by Gasteiger charge is 2.32. The fourth-order valence-electron chi connectivity index (χ4n) is 4.07. The molecule has 7 nitrogen and oxygen atoms in total. The molecule has 2 heterocycles. The van der Waals surface area contributed by atoms with Gasteiger partial charge in [0, 0.05) is 25.7 Å². The van der Waals surface area contributed by atoms with E-state index in [2.05, 4.69) is 17.1 Å². The number of aryl methyl sites for hydroxylation is 3. The molecule has 2 aromatic carbocycles. The first-order chi connectivity index (χ1) is 15.1. The number of fused-ring (bicyclic) bond motifs is 1. The Hall–Kier alpha value is -2.33. The van der Waals surface area contributed by atoms with E-state index in [1.165, 1.54) is 39.9 Å². The Balaban J connectivity index is 1.62. The van der Waals surface area contributed by atoms with Crippen LogP contribution in [0.5, 0.6) is 0 Å². The Morgan fingerprint density at radius 2 is 1.72 bits per heavy atom. The molecule has 1 aliphatic heterocycles. The summed E-state index contributed by atoms with van der Waals surface area (Å²) in [4.78, 5) is 17.9. The van der Waals surface area contributed by atoms with E-state index in [4.69, 9.17) is 4.74 Å². The van der Waals surface area contributed by atoms with Crippen LogP contribution in [0.3, 0.4) is 0 Å². The molecular formula is C23H27N3O4S2. The average molecular weight is 474 g/mol. The van der Waals surface area contributed by atoms with Gasteiger partial charge in [-0.1, -0.05) is 17.4 Å². The summed E-state index contributed by atoms with van der Waals surface area (Å²) in [5.41, 5.74) is 3.69. The van der Waals surface area contributed by atoms with E-state index in [9.17, 15) is 13.2 Å². The number of rotatable bonds is 3. The van der Waals surface area contributed by atoms with Gasteiger partial charge in [0.1, 0.15) is 0 Å². The van der Waals surface area contributed by atoms with Gasteiger partial charge in [0.25, 0.3) is 5.91 Å². The summed E-state index contributed by atoms with van der Waals surface area (Å²) in [7, 11) is -1.76. The Morgan fingerprint density at radius 3 is 2.34 bits per heavy atom. The van der Waals surface area contributed by atoms with Crippen molar-refractivity contribution < 1.29 is 17.9 Å². The van der Waals surface area contributed by atoms with Gasteiger partial charge in [-0.05, 0) is 69.2 Å². The second-order valence-corrected chi connectivity index (χ2v) is 11.3. The Kier molecular flexibility index (Phi) is 6.10. The molecule has 0 N–H and O–H groups in total. The van der Waals surface area contributed by atoms with Crippen molar-refractivity contribution in [1.82, 2.24) is 8.87 Å². The number of carbonyl (C=O) groups is 1. The fourth-order valence-corrected chi connectivity index (χ4v) is 6.73. The molecule has 0 radical (unpaired) electrons. The lowest BCUT2D eigenvalue weighted by Crippen LogP contribution is -2.48. The molecule has 9 heteroatoms. The van der Waals surface area contributed by atoms with Gasteiger partial charge in [-0.2, -0.15) is 9.30 Å². The second-order valence-electron chi connectivity index (χ2n) is 8.39. The molecule has 2 atom stereocenters. The lowest BCUT2D eigenvalue weighted by atomic mass is 10.1. The standard InChI is InChI=1S/C23H27N3O4S2/c1-14-10-15(2)21-20(11-14)25(5)23(31-21)24-22(27)18-6-8-19(9-7-18)32(28,29)26-12-16(3)30-17(4)13-26/h6-11,16-17H,12-13H2,1-5H3. The van der Waals surface area contributed by atoms with Crippen LogP contribution in [0.2, 0.25) is 0 Å². The van der Waals surface area contributed by atoms with E-state index in [-0.39, 0.29) is 17.1 Å². The highest BCUT2D eigenvalue weighted by Crippen LogP contribution is 2.24. The van der Waals surface area contributed by atoms with Crippen molar-refractivity contribution in [3.63, 3.8) is 0 Å². The van der Waals surface area contributed by atoms with Gasteiger partial charge in [-0.3, -0.25) is 4.79 Å². The maximum absolute atomic E-state index is 13.0. The van der Waals surface area contributed by atoms with E-state index in [0.717, 1.165) is 21.3 Å². The van der Waals surface area contributed by atoms with Crippen LogP contribution >= 0.6 is 11.3 Å². The minimum absolute atomic E-state index is 0.161. The zero-order chi connectivity index (χ0) is 23.2. The van der Waals surface area contributed by atoms with Crippen LogP contribution < -0.4 is 4.80 Å². The van der Waals surface area contributed by atoms with Gasteiger partial charge in [0.05, 0.1) is 27.3 Å². The van der Waals surface area contributed by atoms with E-state index in [1.54, 1.807) is 0 Å². The Bertz CT molecular complexity index is 1340. The lowest BCUT2D eigenvalue weighted by molar-refractivity contribution is -0.0440. The first kappa shape index (κ1) is 22.8. The van der Waals surface area contributed by atoms with Gasteiger partial charge in [0.2, 0.25) is 10.0 Å². The summed E-state index contributed by atoms with van der Waals surface area (Å²) in [6, 6.07) is 10.2. The van der Waals surface area contributed by atoms with Crippen LogP contribution in [0.4, 0.5) is 0 Å². The van der Waals surface area contributed by atoms with E-state index < -0.39 is 15.9 Å². The van der Waals surface area contributed by atoms with E-state index >= 15 is 0 Å². The molecular weight excluding hydrogens is 446 g/mol. The number of aromatic nitrogens is 1. The van der Waals surface area contributed by atoms with Gasteiger partial charge >= 0.3 is 0 Å². The third-order valence-corrected chi connectivity index (χ3v) is 8.69. The number of benzene rings is 2. The highest BCUT2D eigenvalue weighted by molar-refractivity contribution is 7.89. The Labute approximate surface area is 192 Å². The van der Waals surface area contributed by atoms with Crippen molar-refractivity contribution in [3.05, 3.63) is 57.9 Å². The summed E-state index contributed by atoms with van der Waals surface area (Å²) in [5, 5.41) is 0. The van der Waals surface area contributed by atoms with Crippen LogP contribution in [-0.2, 0) is 21.8 Å². The minimum atomic E-state index is -3.65. The van der Waals surface area contributed by atoms with Gasteiger partial charge in [-0.15, -0.1) is 0 Å². The SMILES string of the molecule is Cc1cc(C)c2sc(=NC(=O)c3ccc(S(=O)(=O)N4CC(C)OC(C)C4)cc3)n(C)c2c1. The molecule has 32 heavy (non-hydrogen) atoms. The molecule has 0 spiro atoms. The van der Waals surface area contributed by atoms with Crippen LogP contribution in [0.25, 0.3) is 10.2 Å². The summed E-state index contributed by atoms with van der Waals surface area (Å²) in [5.74, 6) is -0.404.